The van der Waals surface area contributed by atoms with Gasteiger partial charge in [-0.25, -0.2) is 9.37 Å². The lowest BCUT2D eigenvalue weighted by Crippen LogP contribution is -2.72. The largest absolute Gasteiger partial charge is 0.386 e. The van der Waals surface area contributed by atoms with Gasteiger partial charge in [-0.2, -0.15) is 0 Å². The topological polar surface area (TPSA) is 147 Å². The Bertz CT molecular complexity index is 2190. The highest BCUT2D eigenvalue weighted by Crippen LogP contribution is 2.74. The number of nitrogens with zero attached hydrogens (tertiary/aromatic N) is 2. The van der Waals surface area contributed by atoms with Crippen LogP contribution in [0.25, 0.3) is 0 Å². The molecule has 0 bridgehead atoms. The lowest BCUT2D eigenvalue weighted by Gasteiger charge is -2.63. The molecule has 298 valence electrons. The molecule has 1 saturated carbocycles. The number of amides is 3. The molecule has 3 amide bonds. The van der Waals surface area contributed by atoms with Crippen LogP contribution in [0.3, 0.4) is 0 Å². The second-order valence-corrected chi connectivity index (χ2v) is 16.5. The van der Waals surface area contributed by atoms with Crippen LogP contribution in [-0.2, 0) is 24.5 Å². The fourth-order valence-corrected chi connectivity index (χ4v) is 10.6. The summed E-state index contributed by atoms with van der Waals surface area (Å²) < 4.78 is 53.1. The Morgan fingerprint density at radius 3 is 2.28 bits per heavy atom. The Kier molecular flexibility index (Phi) is 10.3. The summed E-state index contributed by atoms with van der Waals surface area (Å²) >= 11 is 12.9. The maximum Gasteiger partial charge on any atom is 0.246 e. The normalized spacial score (nSPS) is 27.0. The molecule has 1 aliphatic carbocycles. The summed E-state index contributed by atoms with van der Waals surface area (Å²) in [4.78, 5) is 48.4. The summed E-state index contributed by atoms with van der Waals surface area (Å²) in [5.74, 6) is -4.38. The van der Waals surface area contributed by atoms with Crippen LogP contribution in [0.1, 0.15) is 66.0 Å². The first-order valence-electron chi connectivity index (χ1n) is 18.7. The summed E-state index contributed by atoms with van der Waals surface area (Å²) in [7, 11) is 0. The smallest absolute Gasteiger partial charge is 0.246 e. The third-order valence-electron chi connectivity index (χ3n) is 12.5. The SMILES string of the molecule is NC(=O)[C@@H]1CC[C@@H](NC(=O)[C@H]2[C@H](c3ccnc(Cl)c3F)C3(C(=O)Nc4cc(Cl)ccc43)C3(CC(CF)(CF)C3)N2[C@H](c2ccccc2)[C@@H](O)c2ccccc2)CO1. The third kappa shape index (κ3) is 6.12. The molecule has 1 unspecified atom stereocenters. The number of ether oxygens (including phenoxy) is 1. The van der Waals surface area contributed by atoms with Gasteiger partial charge < -0.3 is 26.2 Å². The molecule has 2 saturated heterocycles. The van der Waals surface area contributed by atoms with E-state index in [0.717, 1.165) is 0 Å². The van der Waals surface area contributed by atoms with Crippen molar-refractivity contribution in [1.82, 2.24) is 15.2 Å². The van der Waals surface area contributed by atoms with E-state index in [2.05, 4.69) is 15.6 Å². The fraction of sp³-hybridized carbons (Fsp3) is 0.381. The average molecular weight is 823 g/mol. The van der Waals surface area contributed by atoms with Crippen LogP contribution in [0.15, 0.2) is 91.1 Å². The van der Waals surface area contributed by atoms with Crippen molar-refractivity contribution in [1.29, 1.82) is 0 Å². The van der Waals surface area contributed by atoms with Crippen molar-refractivity contribution < 1.29 is 37.4 Å². The molecule has 4 aromatic rings. The first-order chi connectivity index (χ1) is 27.4. The van der Waals surface area contributed by atoms with Crippen molar-refractivity contribution in [2.45, 2.75) is 72.9 Å². The maximum absolute atomic E-state index is 16.9. The summed E-state index contributed by atoms with van der Waals surface area (Å²) in [5.41, 5.74) is 1.80. The Morgan fingerprint density at radius 1 is 1.00 bits per heavy atom. The molecule has 5 N–H and O–H groups in total. The number of halogens is 5. The predicted octanol–water partition coefficient (Wildman–Crippen LogP) is 6.27. The minimum atomic E-state index is -1.93. The minimum Gasteiger partial charge on any atom is -0.386 e. The fourth-order valence-electron chi connectivity index (χ4n) is 10.3. The molecule has 15 heteroatoms. The predicted molar refractivity (Wildman–Crippen MR) is 206 cm³/mol. The number of nitrogens with two attached hydrogens (primary N) is 1. The van der Waals surface area contributed by atoms with Gasteiger partial charge in [0.25, 0.3) is 0 Å². The van der Waals surface area contributed by atoms with Crippen molar-refractivity contribution in [3.05, 3.63) is 129 Å². The van der Waals surface area contributed by atoms with Crippen LogP contribution in [0, 0.1) is 11.2 Å². The number of carbonyl (C=O) groups is 3. The van der Waals surface area contributed by atoms with E-state index in [9.17, 15) is 9.90 Å². The average Bonchev–Trinajstić information content (AvgIpc) is 3.64. The van der Waals surface area contributed by atoms with E-state index in [4.69, 9.17) is 33.7 Å². The molecule has 3 aliphatic heterocycles. The summed E-state index contributed by atoms with van der Waals surface area (Å²) in [6.07, 6.45) is -1.04. The zero-order valence-corrected chi connectivity index (χ0v) is 32.0. The second kappa shape index (κ2) is 15.0. The Hall–Kier alpha value is -4.53. The van der Waals surface area contributed by atoms with Crippen molar-refractivity contribution in [2.75, 3.05) is 25.3 Å². The number of pyridine rings is 1. The number of aliphatic hydroxyl groups excluding tert-OH is 1. The number of likely N-dealkylation sites (tertiary alicyclic amines) is 1. The Labute approximate surface area is 336 Å². The van der Waals surface area contributed by atoms with E-state index >= 15 is 22.8 Å². The lowest BCUT2D eigenvalue weighted by molar-refractivity contribution is -0.166. The molecule has 4 aliphatic rings. The van der Waals surface area contributed by atoms with E-state index < -0.39 is 94.7 Å². The van der Waals surface area contributed by atoms with Crippen molar-refractivity contribution in [3.63, 3.8) is 0 Å². The number of hydrogen-bond acceptors (Lipinski definition) is 7. The Balaban J connectivity index is 1.44. The second-order valence-electron chi connectivity index (χ2n) is 15.7. The number of anilines is 1. The minimum absolute atomic E-state index is 0.0775. The van der Waals surface area contributed by atoms with Crippen LogP contribution < -0.4 is 16.4 Å². The number of carbonyl (C=O) groups excluding carboxylic acids is 3. The molecule has 7 atom stereocenters. The van der Waals surface area contributed by atoms with Crippen LogP contribution >= 0.6 is 23.2 Å². The number of primary amides is 1. The number of fused-ring (bicyclic) bond motifs is 3. The van der Waals surface area contributed by atoms with Crippen molar-refractivity contribution >= 4 is 46.6 Å². The van der Waals surface area contributed by atoms with Crippen LogP contribution in [0.5, 0.6) is 0 Å². The molecule has 4 heterocycles. The van der Waals surface area contributed by atoms with E-state index in [1.807, 2.05) is 0 Å². The van der Waals surface area contributed by atoms with Crippen LogP contribution in [-0.4, -0.2) is 76.4 Å². The van der Waals surface area contributed by atoms with Gasteiger partial charge in [0.15, 0.2) is 11.0 Å². The van der Waals surface area contributed by atoms with Gasteiger partial charge in [-0.3, -0.25) is 28.1 Å². The van der Waals surface area contributed by atoms with Gasteiger partial charge in [-0.05, 0) is 66.1 Å². The highest BCUT2D eigenvalue weighted by Gasteiger charge is 2.82. The molecule has 10 nitrogen and oxygen atoms in total. The number of benzene rings is 3. The highest BCUT2D eigenvalue weighted by atomic mass is 35.5. The quantitative estimate of drug-likeness (QED) is 0.138. The van der Waals surface area contributed by atoms with E-state index in [1.165, 1.54) is 12.3 Å². The van der Waals surface area contributed by atoms with Gasteiger partial charge in [-0.1, -0.05) is 89.9 Å². The number of rotatable bonds is 10. The first kappa shape index (κ1) is 39.3. The van der Waals surface area contributed by atoms with Gasteiger partial charge in [0.2, 0.25) is 17.7 Å². The van der Waals surface area contributed by atoms with E-state index in [-0.39, 0.29) is 42.1 Å². The highest BCUT2D eigenvalue weighted by molar-refractivity contribution is 6.31. The molecule has 1 aromatic heterocycles. The zero-order valence-electron chi connectivity index (χ0n) is 30.5. The van der Waals surface area contributed by atoms with Crippen LogP contribution in [0.4, 0.5) is 18.9 Å². The molecular weight excluding hydrogens is 782 g/mol. The molecule has 3 aromatic carbocycles. The monoisotopic (exact) mass is 821 g/mol. The number of nitrogens with one attached hydrogen (secondary N) is 2. The summed E-state index contributed by atoms with van der Waals surface area (Å²) in [6.45, 7) is -2.25. The standard InChI is InChI=1S/C42H40Cl2F3N5O5/c43-25-11-13-28-29(17-25)51-39(56)42(28)31(27-15-16-49-36(44)32(27)47)34(38(55)50-26-12-14-30(37(48)54)57-18-26)52(41(42)19-40(20-41,21-45)22-46)33(23-7-3-1-4-8-23)35(53)24-9-5-2-6-10-24/h1-11,13,15-17,26,30-31,33-35,53H,12,14,18-22H2,(H2,48,54)(H,50,55)(H,51,56)/t26-,30+,31+,33-,34-,35+,42?/m1/s1. The Morgan fingerprint density at radius 2 is 1.67 bits per heavy atom. The third-order valence-corrected chi connectivity index (χ3v) is 13.0. The summed E-state index contributed by atoms with van der Waals surface area (Å²) in [5, 5.41) is 18.4. The van der Waals surface area contributed by atoms with Gasteiger partial charge >= 0.3 is 0 Å². The number of aromatic nitrogens is 1. The molecule has 8 rings (SSSR count). The van der Waals surface area contributed by atoms with Gasteiger partial charge in [0, 0.05) is 33.8 Å². The van der Waals surface area contributed by atoms with E-state index in [0.29, 0.717) is 23.1 Å². The molecule has 2 spiro atoms. The molecule has 57 heavy (non-hydrogen) atoms. The molecular formula is C42H40Cl2F3N5O5. The zero-order chi connectivity index (χ0) is 40.3. The van der Waals surface area contributed by atoms with Gasteiger partial charge in [0.1, 0.15) is 11.5 Å². The van der Waals surface area contributed by atoms with Crippen LogP contribution in [0.2, 0.25) is 10.2 Å². The lowest BCUT2D eigenvalue weighted by atomic mass is 9.45. The van der Waals surface area contributed by atoms with Gasteiger partial charge in [0.05, 0.1) is 44.2 Å². The van der Waals surface area contributed by atoms with Crippen molar-refractivity contribution in [3.8, 4) is 0 Å². The molecule has 0 radical (unpaired) electrons. The number of alkyl halides is 2. The van der Waals surface area contributed by atoms with E-state index in [1.54, 1.807) is 83.8 Å². The maximum atomic E-state index is 16.9. The van der Waals surface area contributed by atoms with Crippen molar-refractivity contribution in [2.24, 2.45) is 11.1 Å². The first-order valence-corrected chi connectivity index (χ1v) is 19.5. The van der Waals surface area contributed by atoms with Gasteiger partial charge in [-0.15, -0.1) is 0 Å². The summed E-state index contributed by atoms with van der Waals surface area (Å²) in [6, 6.07) is 20.3. The number of hydrogen-bond donors (Lipinski definition) is 4. The molecule has 3 fully saturated rings. The number of aliphatic hydroxyl groups is 1.